The Balaban J connectivity index is 1.74. The third kappa shape index (κ3) is 12.4. The Morgan fingerprint density at radius 2 is 1.31 bits per heavy atom. The Kier molecular flexibility index (Phi) is 15.5. The van der Waals surface area contributed by atoms with Crippen molar-refractivity contribution >= 4 is 0 Å². The van der Waals surface area contributed by atoms with Crippen molar-refractivity contribution in [2.45, 2.75) is 109 Å². The van der Waals surface area contributed by atoms with Crippen LogP contribution < -0.4 is 11.1 Å². The Morgan fingerprint density at radius 1 is 0.808 bits per heavy atom. The Morgan fingerprint density at radius 3 is 1.81 bits per heavy atom. The molecule has 3 nitrogen and oxygen atoms in total. The van der Waals surface area contributed by atoms with Crippen LogP contribution in [-0.2, 0) is 0 Å². The predicted molar refractivity (Wildman–Crippen MR) is 116 cm³/mol. The van der Waals surface area contributed by atoms with Gasteiger partial charge in [-0.15, -0.1) is 6.58 Å². The molecule has 0 amide bonds. The van der Waals surface area contributed by atoms with Crippen molar-refractivity contribution in [3.05, 3.63) is 25.1 Å². The molecule has 0 aromatic rings. The van der Waals surface area contributed by atoms with Crippen molar-refractivity contribution in [2.24, 2.45) is 5.73 Å². The number of unbranched alkanes of at least 4 members (excludes halogenated alkanes) is 14. The summed E-state index contributed by atoms with van der Waals surface area (Å²) in [4.78, 5) is 2.33. The van der Waals surface area contributed by atoms with Crippen LogP contribution in [0.5, 0.6) is 0 Å². The molecule has 0 saturated heterocycles. The van der Waals surface area contributed by atoms with Crippen LogP contribution in [0.15, 0.2) is 25.1 Å². The van der Waals surface area contributed by atoms with E-state index in [0.29, 0.717) is 6.17 Å². The average molecular weight is 364 g/mol. The highest BCUT2D eigenvalue weighted by molar-refractivity contribution is 4.94. The summed E-state index contributed by atoms with van der Waals surface area (Å²) in [6, 6.07) is 0. The molecule has 0 fully saturated rings. The van der Waals surface area contributed by atoms with Gasteiger partial charge >= 0.3 is 0 Å². The van der Waals surface area contributed by atoms with Gasteiger partial charge in [0, 0.05) is 25.5 Å². The zero-order chi connectivity index (χ0) is 18.7. The van der Waals surface area contributed by atoms with Crippen LogP contribution in [0.2, 0.25) is 0 Å². The highest BCUT2D eigenvalue weighted by Crippen LogP contribution is 2.15. The van der Waals surface area contributed by atoms with Gasteiger partial charge in [-0.2, -0.15) is 0 Å². The van der Waals surface area contributed by atoms with Crippen LogP contribution in [-0.4, -0.2) is 24.2 Å². The Hall–Kier alpha value is -0.960. The lowest BCUT2D eigenvalue weighted by molar-refractivity contribution is 0.264. The fourth-order valence-electron chi connectivity index (χ4n) is 3.83. The number of hydrogen-bond acceptors (Lipinski definition) is 3. The molecule has 1 aliphatic heterocycles. The van der Waals surface area contributed by atoms with E-state index >= 15 is 0 Å². The van der Waals surface area contributed by atoms with Gasteiger partial charge in [-0.1, -0.05) is 83.1 Å². The molecule has 3 N–H and O–H groups in total. The van der Waals surface area contributed by atoms with Gasteiger partial charge in [-0.3, -0.25) is 0 Å². The normalized spacial score (nSPS) is 16.2. The zero-order valence-corrected chi connectivity index (χ0v) is 17.3. The summed E-state index contributed by atoms with van der Waals surface area (Å²) >= 11 is 0. The molecule has 0 saturated carbocycles. The van der Waals surface area contributed by atoms with E-state index in [2.05, 4.69) is 29.2 Å². The Bertz CT molecular complexity index is 340. The van der Waals surface area contributed by atoms with Gasteiger partial charge in [0.05, 0.1) is 6.17 Å². The summed E-state index contributed by atoms with van der Waals surface area (Å²) in [6.07, 6.45) is 28.9. The molecule has 1 aliphatic rings. The molecular weight excluding hydrogens is 318 g/mol. The van der Waals surface area contributed by atoms with Crippen molar-refractivity contribution in [1.82, 2.24) is 10.2 Å². The molecule has 3 heteroatoms. The van der Waals surface area contributed by atoms with Crippen LogP contribution in [0.4, 0.5) is 0 Å². The van der Waals surface area contributed by atoms with Gasteiger partial charge < -0.3 is 16.0 Å². The SMILES string of the molecule is C=CCCCCCCCCCCCCCCCCC1NC=CN1CCN. The van der Waals surface area contributed by atoms with E-state index in [4.69, 9.17) is 5.73 Å². The number of hydrogen-bond donors (Lipinski definition) is 2. The molecule has 26 heavy (non-hydrogen) atoms. The molecule has 0 aromatic heterocycles. The first-order chi connectivity index (χ1) is 12.9. The molecule has 0 aliphatic carbocycles. The number of nitrogens with zero attached hydrogens (tertiary/aromatic N) is 1. The molecule has 1 heterocycles. The number of nitrogens with one attached hydrogen (secondary N) is 1. The van der Waals surface area contributed by atoms with Gasteiger partial charge in [-0.05, 0) is 25.7 Å². The molecule has 0 bridgehead atoms. The fourth-order valence-corrected chi connectivity index (χ4v) is 3.83. The lowest BCUT2D eigenvalue weighted by atomic mass is 10.0. The summed E-state index contributed by atoms with van der Waals surface area (Å²) in [5.74, 6) is 0. The minimum atomic E-state index is 0.487. The fraction of sp³-hybridized carbons (Fsp3) is 0.826. The second-order valence-corrected chi connectivity index (χ2v) is 7.84. The maximum atomic E-state index is 5.65. The van der Waals surface area contributed by atoms with E-state index in [9.17, 15) is 0 Å². The second-order valence-electron chi connectivity index (χ2n) is 7.84. The summed E-state index contributed by atoms with van der Waals surface area (Å²) < 4.78 is 0. The quantitative estimate of drug-likeness (QED) is 0.216. The maximum Gasteiger partial charge on any atom is 0.0981 e. The van der Waals surface area contributed by atoms with E-state index in [1.54, 1.807) is 0 Å². The van der Waals surface area contributed by atoms with Crippen LogP contribution in [0.1, 0.15) is 103 Å². The van der Waals surface area contributed by atoms with Gasteiger partial charge in [0.15, 0.2) is 0 Å². The Labute approximate surface area is 163 Å². The van der Waals surface area contributed by atoms with Gasteiger partial charge in [-0.25, -0.2) is 0 Å². The highest BCUT2D eigenvalue weighted by Gasteiger charge is 2.16. The van der Waals surface area contributed by atoms with Crippen LogP contribution >= 0.6 is 0 Å². The zero-order valence-electron chi connectivity index (χ0n) is 17.3. The van der Waals surface area contributed by atoms with E-state index in [1.165, 1.54) is 103 Å². The minimum Gasteiger partial charge on any atom is -0.370 e. The summed E-state index contributed by atoms with van der Waals surface area (Å²) in [7, 11) is 0. The molecule has 0 spiro atoms. The second kappa shape index (κ2) is 17.5. The highest BCUT2D eigenvalue weighted by atomic mass is 15.3. The largest absolute Gasteiger partial charge is 0.370 e. The summed E-state index contributed by atoms with van der Waals surface area (Å²) in [5.41, 5.74) is 5.65. The number of nitrogens with two attached hydrogens (primary N) is 1. The van der Waals surface area contributed by atoms with Crippen molar-refractivity contribution in [1.29, 1.82) is 0 Å². The smallest absolute Gasteiger partial charge is 0.0981 e. The lowest BCUT2D eigenvalue weighted by Gasteiger charge is -2.25. The molecule has 1 rings (SSSR count). The molecule has 1 unspecified atom stereocenters. The predicted octanol–water partition coefficient (Wildman–Crippen LogP) is 6.08. The molecule has 1 atom stereocenters. The van der Waals surface area contributed by atoms with E-state index in [1.807, 2.05) is 6.08 Å². The number of rotatable bonds is 19. The van der Waals surface area contributed by atoms with Gasteiger partial charge in [0.2, 0.25) is 0 Å². The summed E-state index contributed by atoms with van der Waals surface area (Å²) in [5, 5.41) is 3.43. The topological polar surface area (TPSA) is 41.3 Å². The first-order valence-corrected chi connectivity index (χ1v) is 11.4. The van der Waals surface area contributed by atoms with Gasteiger partial charge in [0.25, 0.3) is 0 Å². The third-order valence-corrected chi connectivity index (χ3v) is 5.48. The van der Waals surface area contributed by atoms with E-state index < -0.39 is 0 Å². The average Bonchev–Trinajstić information content (AvgIpc) is 3.09. The van der Waals surface area contributed by atoms with Crippen molar-refractivity contribution in [2.75, 3.05) is 13.1 Å². The number of allylic oxidation sites excluding steroid dienone is 1. The van der Waals surface area contributed by atoms with Crippen LogP contribution in [0.25, 0.3) is 0 Å². The molecular formula is C23H45N3. The van der Waals surface area contributed by atoms with Crippen molar-refractivity contribution in [3.63, 3.8) is 0 Å². The molecule has 0 radical (unpaired) electrons. The van der Waals surface area contributed by atoms with E-state index in [0.717, 1.165) is 13.1 Å². The van der Waals surface area contributed by atoms with E-state index in [-0.39, 0.29) is 0 Å². The van der Waals surface area contributed by atoms with Crippen LogP contribution in [0.3, 0.4) is 0 Å². The molecule has 152 valence electrons. The molecule has 0 aromatic carbocycles. The lowest BCUT2D eigenvalue weighted by Crippen LogP contribution is -2.37. The first-order valence-electron chi connectivity index (χ1n) is 11.4. The standard InChI is InChI=1S/C23H45N3/c1-2-3-4-5-6-7-8-9-10-11-12-13-14-15-16-17-18-23-25-20-22-26(23)21-19-24/h2,20,22-23,25H,1,3-19,21,24H2. The van der Waals surface area contributed by atoms with Crippen molar-refractivity contribution in [3.8, 4) is 0 Å². The van der Waals surface area contributed by atoms with Gasteiger partial charge in [0.1, 0.15) is 0 Å². The van der Waals surface area contributed by atoms with Crippen molar-refractivity contribution < 1.29 is 0 Å². The third-order valence-electron chi connectivity index (χ3n) is 5.48. The first kappa shape index (κ1) is 23.1. The minimum absolute atomic E-state index is 0.487. The summed E-state index contributed by atoms with van der Waals surface area (Å²) in [6.45, 7) is 5.48. The monoisotopic (exact) mass is 363 g/mol. The maximum absolute atomic E-state index is 5.65. The van der Waals surface area contributed by atoms with Crippen LogP contribution in [0, 0.1) is 0 Å².